The van der Waals surface area contributed by atoms with E-state index >= 15 is 0 Å². The summed E-state index contributed by atoms with van der Waals surface area (Å²) in [5.74, 6) is 0.937. The minimum atomic E-state index is -2.53. The largest absolute Gasteiger partial charge is 0.493 e. The van der Waals surface area contributed by atoms with E-state index in [1.807, 2.05) is 13.1 Å². The van der Waals surface area contributed by atoms with Crippen LogP contribution in [0.5, 0.6) is 11.5 Å². The van der Waals surface area contributed by atoms with Crippen molar-refractivity contribution in [1.82, 2.24) is 4.90 Å². The molecule has 1 aliphatic carbocycles. The van der Waals surface area contributed by atoms with Crippen LogP contribution in [0.25, 0.3) is 0 Å². The van der Waals surface area contributed by atoms with Crippen molar-refractivity contribution in [3.63, 3.8) is 0 Å². The van der Waals surface area contributed by atoms with Crippen molar-refractivity contribution in [3.8, 4) is 11.5 Å². The first-order valence-corrected chi connectivity index (χ1v) is 7.35. The standard InChI is InChI=1S/C17H23NO3/c1-18-9-8-17(7-6-13(19)11-16(17)18)12-4-5-14(20-2)15(10-12)21-3/h4-5,10,16H,6-9,11H2,1-3H3/t16-,17-/m0/s1/i3D3. The Hall–Kier alpha value is -1.55. The molecule has 1 saturated heterocycles. The summed E-state index contributed by atoms with van der Waals surface area (Å²) in [4.78, 5) is 14.2. The summed E-state index contributed by atoms with van der Waals surface area (Å²) in [6.07, 6.45) is 2.88. The van der Waals surface area contributed by atoms with E-state index in [9.17, 15) is 4.79 Å². The lowest BCUT2D eigenvalue weighted by molar-refractivity contribution is -0.122. The third kappa shape index (κ3) is 2.22. The van der Waals surface area contributed by atoms with Crippen LogP contribution in [0.15, 0.2) is 18.2 Å². The predicted molar refractivity (Wildman–Crippen MR) is 81.1 cm³/mol. The molecule has 0 bridgehead atoms. The third-order valence-corrected chi connectivity index (χ3v) is 5.20. The minimum absolute atomic E-state index is 0.123. The number of benzene rings is 1. The fourth-order valence-corrected chi connectivity index (χ4v) is 3.99. The number of fused-ring (bicyclic) bond motifs is 1. The molecule has 1 saturated carbocycles. The molecule has 2 atom stereocenters. The fourth-order valence-electron chi connectivity index (χ4n) is 3.99. The zero-order chi connectivity index (χ0) is 17.5. The van der Waals surface area contributed by atoms with E-state index in [2.05, 4.69) is 4.90 Å². The second-order valence-electron chi connectivity index (χ2n) is 6.11. The molecule has 4 nitrogen and oxygen atoms in total. The zero-order valence-electron chi connectivity index (χ0n) is 15.5. The van der Waals surface area contributed by atoms with Crippen molar-refractivity contribution in [3.05, 3.63) is 23.8 Å². The molecule has 4 heteroatoms. The lowest BCUT2D eigenvalue weighted by Crippen LogP contribution is -2.46. The summed E-state index contributed by atoms with van der Waals surface area (Å²) >= 11 is 0. The Morgan fingerprint density at radius 2 is 2.19 bits per heavy atom. The molecule has 1 aliphatic heterocycles. The van der Waals surface area contributed by atoms with Crippen molar-refractivity contribution in [2.24, 2.45) is 0 Å². The number of carbonyl (C=O) groups excluding carboxylic acids is 1. The van der Waals surface area contributed by atoms with E-state index in [-0.39, 0.29) is 17.2 Å². The first kappa shape index (κ1) is 11.1. The maximum atomic E-state index is 11.9. The van der Waals surface area contributed by atoms with Crippen molar-refractivity contribution in [2.45, 2.75) is 37.1 Å². The Bertz CT molecular complexity index is 646. The van der Waals surface area contributed by atoms with Crippen LogP contribution >= 0.6 is 0 Å². The predicted octanol–water partition coefficient (Wildman–Crippen LogP) is 2.40. The van der Waals surface area contributed by atoms with Crippen molar-refractivity contribution in [2.75, 3.05) is 27.7 Å². The number of nitrogens with zero attached hydrogens (tertiary/aromatic N) is 1. The smallest absolute Gasteiger partial charge is 0.161 e. The Labute approximate surface area is 130 Å². The quantitative estimate of drug-likeness (QED) is 0.857. The van der Waals surface area contributed by atoms with E-state index < -0.39 is 7.04 Å². The Balaban J connectivity index is 2.02. The van der Waals surface area contributed by atoms with Gasteiger partial charge in [-0.3, -0.25) is 4.79 Å². The molecule has 2 aliphatic rings. The van der Waals surface area contributed by atoms with Gasteiger partial charge in [-0.05, 0) is 44.1 Å². The molecule has 2 fully saturated rings. The number of hydrogen-bond acceptors (Lipinski definition) is 4. The van der Waals surface area contributed by atoms with E-state index in [1.165, 1.54) is 7.11 Å². The molecule has 0 unspecified atom stereocenters. The molecule has 1 aromatic carbocycles. The van der Waals surface area contributed by atoms with Gasteiger partial charge >= 0.3 is 0 Å². The number of likely N-dealkylation sites (N-methyl/N-ethyl adjacent to an activating group) is 1. The SMILES string of the molecule is [2H]C([2H])([2H])Oc1cc([C@@]23CCC(=O)C[C@@H]2N(C)CC3)ccc1OC. The molecule has 0 amide bonds. The van der Waals surface area contributed by atoms with Crippen LogP contribution in [0.1, 0.15) is 35.4 Å². The number of Topliss-reactive ketones (excluding diaryl/α,β-unsaturated/α-hetero) is 1. The number of likely N-dealkylation sites (tertiary alicyclic amines) is 1. The lowest BCUT2D eigenvalue weighted by Gasteiger charge is -2.41. The Kier molecular flexibility index (Phi) is 2.81. The highest BCUT2D eigenvalue weighted by molar-refractivity contribution is 5.81. The average Bonchev–Trinajstić information content (AvgIpc) is 2.84. The molecular weight excluding hydrogens is 266 g/mol. The van der Waals surface area contributed by atoms with Crippen LogP contribution in [0.4, 0.5) is 0 Å². The summed E-state index contributed by atoms with van der Waals surface area (Å²) in [6.45, 7) is 0.930. The third-order valence-electron chi connectivity index (χ3n) is 5.20. The van der Waals surface area contributed by atoms with Crippen LogP contribution in [-0.2, 0) is 10.2 Å². The van der Waals surface area contributed by atoms with Gasteiger partial charge in [-0.15, -0.1) is 0 Å². The van der Waals surface area contributed by atoms with Crippen LogP contribution in [-0.4, -0.2) is 44.5 Å². The van der Waals surface area contributed by atoms with E-state index in [4.69, 9.17) is 13.6 Å². The van der Waals surface area contributed by atoms with Crippen LogP contribution in [0.3, 0.4) is 0 Å². The first-order chi connectivity index (χ1) is 11.2. The number of methoxy groups -OCH3 is 2. The highest BCUT2D eigenvalue weighted by atomic mass is 16.5. The summed E-state index contributed by atoms with van der Waals surface area (Å²) in [5, 5.41) is 0. The Morgan fingerprint density at radius 1 is 1.33 bits per heavy atom. The van der Waals surface area contributed by atoms with Crippen molar-refractivity contribution < 1.29 is 18.4 Å². The van der Waals surface area contributed by atoms with Gasteiger partial charge in [-0.25, -0.2) is 0 Å². The van der Waals surface area contributed by atoms with Crippen molar-refractivity contribution >= 4 is 5.78 Å². The lowest BCUT2D eigenvalue weighted by atomic mass is 9.66. The van der Waals surface area contributed by atoms with Crippen LogP contribution in [0, 0.1) is 0 Å². The molecular formula is C17H23NO3. The summed E-state index contributed by atoms with van der Waals surface area (Å²) in [7, 11) is 1.01. The van der Waals surface area contributed by atoms with E-state index in [1.54, 1.807) is 12.1 Å². The summed E-state index contributed by atoms with van der Waals surface area (Å²) in [5.41, 5.74) is 0.909. The Morgan fingerprint density at radius 3 is 2.95 bits per heavy atom. The number of ketones is 1. The highest BCUT2D eigenvalue weighted by Crippen LogP contribution is 2.48. The molecule has 21 heavy (non-hydrogen) atoms. The molecule has 114 valence electrons. The topological polar surface area (TPSA) is 38.8 Å². The minimum Gasteiger partial charge on any atom is -0.493 e. The summed E-state index contributed by atoms with van der Waals surface area (Å²) in [6, 6.07) is 5.69. The highest BCUT2D eigenvalue weighted by Gasteiger charge is 2.50. The van der Waals surface area contributed by atoms with Crippen molar-refractivity contribution in [1.29, 1.82) is 0 Å². The van der Waals surface area contributed by atoms with E-state index in [0.717, 1.165) is 24.9 Å². The fraction of sp³-hybridized carbons (Fsp3) is 0.588. The molecule has 0 aromatic heterocycles. The average molecular weight is 292 g/mol. The van der Waals surface area contributed by atoms with Gasteiger partial charge in [0.05, 0.1) is 18.3 Å². The maximum absolute atomic E-state index is 11.9. The van der Waals surface area contributed by atoms with Gasteiger partial charge in [0.25, 0.3) is 0 Å². The number of carbonyl (C=O) groups is 1. The second kappa shape index (κ2) is 5.34. The van der Waals surface area contributed by atoms with Gasteiger partial charge in [-0.2, -0.15) is 0 Å². The molecule has 0 spiro atoms. The molecule has 0 radical (unpaired) electrons. The number of hydrogen-bond donors (Lipinski definition) is 0. The monoisotopic (exact) mass is 292 g/mol. The van der Waals surface area contributed by atoms with E-state index in [0.29, 0.717) is 24.4 Å². The molecule has 1 heterocycles. The van der Waals surface area contributed by atoms with Crippen LogP contribution < -0.4 is 9.47 Å². The summed E-state index contributed by atoms with van der Waals surface area (Å²) < 4.78 is 32.5. The number of rotatable bonds is 3. The molecule has 1 aromatic rings. The second-order valence-corrected chi connectivity index (χ2v) is 6.11. The van der Waals surface area contributed by atoms with Gasteiger partial charge in [0, 0.05) is 24.3 Å². The van der Waals surface area contributed by atoms with Gasteiger partial charge < -0.3 is 14.4 Å². The van der Waals surface area contributed by atoms with Gasteiger partial charge in [0.1, 0.15) is 5.78 Å². The zero-order valence-corrected chi connectivity index (χ0v) is 12.5. The normalized spacial score (nSPS) is 32.0. The maximum Gasteiger partial charge on any atom is 0.161 e. The van der Waals surface area contributed by atoms with Gasteiger partial charge in [0.2, 0.25) is 0 Å². The van der Waals surface area contributed by atoms with Gasteiger partial charge in [0.15, 0.2) is 11.5 Å². The molecule has 0 N–H and O–H groups in total. The number of ether oxygens (including phenoxy) is 2. The van der Waals surface area contributed by atoms with Gasteiger partial charge in [-0.1, -0.05) is 6.07 Å². The van der Waals surface area contributed by atoms with Crippen LogP contribution in [0.2, 0.25) is 0 Å². The molecule has 3 rings (SSSR count). The first-order valence-electron chi connectivity index (χ1n) is 8.85.